The van der Waals surface area contributed by atoms with E-state index in [9.17, 15) is 9.90 Å². The fraction of sp³-hybridized carbons (Fsp3) is 0.235. The number of aliphatic hydroxyl groups excluding tert-OH is 1. The molecule has 116 valence electrons. The van der Waals surface area contributed by atoms with Crippen molar-refractivity contribution in [3.63, 3.8) is 0 Å². The van der Waals surface area contributed by atoms with Crippen molar-refractivity contribution in [2.75, 3.05) is 24.9 Å². The van der Waals surface area contributed by atoms with Gasteiger partial charge >= 0.3 is 5.97 Å². The van der Waals surface area contributed by atoms with Gasteiger partial charge in [-0.3, -0.25) is 0 Å². The Morgan fingerprint density at radius 3 is 2.77 bits per heavy atom. The number of carbonyl (C=O) groups is 1. The van der Waals surface area contributed by atoms with Gasteiger partial charge in [-0.25, -0.2) is 4.79 Å². The van der Waals surface area contributed by atoms with Crippen LogP contribution in [0.5, 0.6) is 0 Å². The van der Waals surface area contributed by atoms with Crippen LogP contribution in [0, 0.1) is 0 Å². The van der Waals surface area contributed by atoms with E-state index in [1.54, 1.807) is 12.1 Å². The van der Waals surface area contributed by atoms with Crippen LogP contribution in [0.3, 0.4) is 0 Å². The van der Waals surface area contributed by atoms with E-state index in [0.717, 1.165) is 16.8 Å². The number of aliphatic hydroxyl groups is 1. The van der Waals surface area contributed by atoms with E-state index >= 15 is 0 Å². The molecule has 0 saturated heterocycles. The first-order valence-corrected chi connectivity index (χ1v) is 7.45. The monoisotopic (exact) mass is 319 g/mol. The Labute approximate surface area is 134 Å². The molecule has 0 heterocycles. The summed E-state index contributed by atoms with van der Waals surface area (Å²) in [7, 11) is 1.36. The SMILES string of the molecule is COC(=O)c1cccc(-c2ccccc2NCC(O)CCl)c1. The van der Waals surface area contributed by atoms with Gasteiger partial charge in [-0.2, -0.15) is 0 Å². The van der Waals surface area contributed by atoms with Crippen molar-refractivity contribution in [2.24, 2.45) is 0 Å². The summed E-state index contributed by atoms with van der Waals surface area (Å²) in [6.45, 7) is 0.358. The van der Waals surface area contributed by atoms with Gasteiger partial charge in [0.15, 0.2) is 0 Å². The molecule has 4 nitrogen and oxygen atoms in total. The maximum atomic E-state index is 11.7. The highest BCUT2D eigenvalue weighted by Gasteiger charge is 2.10. The number of alkyl halides is 1. The molecule has 0 radical (unpaired) electrons. The number of carbonyl (C=O) groups excluding carboxylic acids is 1. The lowest BCUT2D eigenvalue weighted by atomic mass is 10.0. The number of ether oxygens (including phenoxy) is 1. The van der Waals surface area contributed by atoms with Crippen LogP contribution < -0.4 is 5.32 Å². The molecule has 5 heteroatoms. The average Bonchev–Trinajstić information content (AvgIpc) is 2.59. The van der Waals surface area contributed by atoms with Gasteiger partial charge in [0.25, 0.3) is 0 Å². The molecule has 22 heavy (non-hydrogen) atoms. The third kappa shape index (κ3) is 4.00. The molecule has 0 bridgehead atoms. The first-order valence-electron chi connectivity index (χ1n) is 6.91. The number of methoxy groups -OCH3 is 1. The normalized spacial score (nSPS) is 11.8. The van der Waals surface area contributed by atoms with Gasteiger partial charge in [-0.1, -0.05) is 30.3 Å². The summed E-state index contributed by atoms with van der Waals surface area (Å²) >= 11 is 5.61. The summed E-state index contributed by atoms with van der Waals surface area (Å²) in [4.78, 5) is 11.7. The highest BCUT2D eigenvalue weighted by atomic mass is 35.5. The van der Waals surface area contributed by atoms with Crippen molar-refractivity contribution in [3.8, 4) is 11.1 Å². The molecule has 0 aromatic heterocycles. The van der Waals surface area contributed by atoms with Crippen molar-refractivity contribution >= 4 is 23.3 Å². The van der Waals surface area contributed by atoms with E-state index in [1.165, 1.54) is 7.11 Å². The van der Waals surface area contributed by atoms with Crippen molar-refractivity contribution in [1.29, 1.82) is 0 Å². The summed E-state index contributed by atoms with van der Waals surface area (Å²) in [5, 5.41) is 12.7. The minimum atomic E-state index is -0.615. The maximum absolute atomic E-state index is 11.7. The van der Waals surface area contributed by atoms with Gasteiger partial charge in [0.05, 0.1) is 24.7 Å². The molecule has 0 amide bonds. The molecule has 1 atom stereocenters. The zero-order valence-electron chi connectivity index (χ0n) is 12.3. The van der Waals surface area contributed by atoms with Crippen LogP contribution in [0.1, 0.15) is 10.4 Å². The molecule has 2 N–H and O–H groups in total. The quantitative estimate of drug-likeness (QED) is 0.634. The Morgan fingerprint density at radius 2 is 2.05 bits per heavy atom. The zero-order valence-corrected chi connectivity index (χ0v) is 13.0. The largest absolute Gasteiger partial charge is 0.465 e. The van der Waals surface area contributed by atoms with E-state index in [-0.39, 0.29) is 11.8 Å². The molecule has 0 fully saturated rings. The summed E-state index contributed by atoms with van der Waals surface area (Å²) < 4.78 is 4.75. The minimum absolute atomic E-state index is 0.174. The number of para-hydroxylation sites is 1. The highest BCUT2D eigenvalue weighted by Crippen LogP contribution is 2.28. The Kier molecular flexibility index (Phi) is 5.81. The predicted molar refractivity (Wildman–Crippen MR) is 88.4 cm³/mol. The van der Waals surface area contributed by atoms with Crippen LogP contribution in [0.2, 0.25) is 0 Å². The number of nitrogens with one attached hydrogen (secondary N) is 1. The lowest BCUT2D eigenvalue weighted by Crippen LogP contribution is -2.21. The zero-order chi connectivity index (χ0) is 15.9. The van der Waals surface area contributed by atoms with Gasteiger partial charge in [0, 0.05) is 17.8 Å². The molecule has 1 unspecified atom stereocenters. The number of esters is 1. The molecule has 2 aromatic carbocycles. The summed E-state index contributed by atoms with van der Waals surface area (Å²) in [5.74, 6) is -0.197. The van der Waals surface area contributed by atoms with Gasteiger partial charge in [-0.05, 0) is 23.8 Å². The van der Waals surface area contributed by atoms with E-state index in [2.05, 4.69) is 5.32 Å². The Balaban J connectivity index is 2.30. The second kappa shape index (κ2) is 7.82. The van der Waals surface area contributed by atoms with E-state index in [4.69, 9.17) is 16.3 Å². The maximum Gasteiger partial charge on any atom is 0.337 e. The first kappa shape index (κ1) is 16.3. The molecule has 0 saturated carbocycles. The van der Waals surface area contributed by atoms with Crippen molar-refractivity contribution in [1.82, 2.24) is 0 Å². The topological polar surface area (TPSA) is 58.6 Å². The molecular weight excluding hydrogens is 302 g/mol. The Bertz CT molecular complexity index is 645. The van der Waals surface area contributed by atoms with Gasteiger partial charge < -0.3 is 15.2 Å². The fourth-order valence-electron chi connectivity index (χ4n) is 2.10. The number of halogens is 1. The van der Waals surface area contributed by atoms with Crippen molar-refractivity contribution in [3.05, 3.63) is 54.1 Å². The third-order valence-electron chi connectivity index (χ3n) is 3.23. The Morgan fingerprint density at radius 1 is 1.27 bits per heavy atom. The smallest absolute Gasteiger partial charge is 0.337 e. The predicted octanol–water partition coefficient (Wildman–Crippen LogP) is 3.15. The van der Waals surface area contributed by atoms with Crippen LogP contribution in [0.15, 0.2) is 48.5 Å². The van der Waals surface area contributed by atoms with E-state index in [0.29, 0.717) is 12.1 Å². The van der Waals surface area contributed by atoms with Gasteiger partial charge in [0.1, 0.15) is 0 Å². The molecule has 0 spiro atoms. The third-order valence-corrected chi connectivity index (χ3v) is 3.58. The lowest BCUT2D eigenvalue weighted by molar-refractivity contribution is 0.0601. The van der Waals surface area contributed by atoms with Gasteiger partial charge in [-0.15, -0.1) is 11.6 Å². The lowest BCUT2D eigenvalue weighted by Gasteiger charge is -2.14. The first-order chi connectivity index (χ1) is 10.7. The highest BCUT2D eigenvalue weighted by molar-refractivity contribution is 6.18. The number of anilines is 1. The van der Waals surface area contributed by atoms with E-state index < -0.39 is 6.10 Å². The van der Waals surface area contributed by atoms with Crippen LogP contribution >= 0.6 is 11.6 Å². The van der Waals surface area contributed by atoms with E-state index in [1.807, 2.05) is 36.4 Å². The summed E-state index contributed by atoms with van der Waals surface area (Å²) in [6, 6.07) is 14.9. The summed E-state index contributed by atoms with van der Waals surface area (Å²) in [5.41, 5.74) is 3.20. The van der Waals surface area contributed by atoms with Crippen LogP contribution in [0.4, 0.5) is 5.69 Å². The molecule has 2 rings (SSSR count). The standard InChI is InChI=1S/C17H18ClNO3/c1-22-17(21)13-6-4-5-12(9-13)15-7-2-3-8-16(15)19-11-14(20)10-18/h2-9,14,19-20H,10-11H2,1H3. The average molecular weight is 320 g/mol. The Hall–Kier alpha value is -2.04. The molecule has 0 aliphatic heterocycles. The van der Waals surface area contributed by atoms with Crippen LogP contribution in [0.25, 0.3) is 11.1 Å². The number of hydrogen-bond donors (Lipinski definition) is 2. The van der Waals surface area contributed by atoms with Crippen molar-refractivity contribution in [2.45, 2.75) is 6.10 Å². The van der Waals surface area contributed by atoms with Gasteiger partial charge in [0.2, 0.25) is 0 Å². The minimum Gasteiger partial charge on any atom is -0.465 e. The second-order valence-electron chi connectivity index (χ2n) is 4.81. The number of benzene rings is 2. The fourth-order valence-corrected chi connectivity index (χ4v) is 2.21. The second-order valence-corrected chi connectivity index (χ2v) is 5.12. The number of hydrogen-bond acceptors (Lipinski definition) is 4. The van der Waals surface area contributed by atoms with Crippen LogP contribution in [-0.2, 0) is 4.74 Å². The van der Waals surface area contributed by atoms with Crippen molar-refractivity contribution < 1.29 is 14.6 Å². The molecule has 0 aliphatic carbocycles. The number of rotatable bonds is 6. The molecule has 2 aromatic rings. The van der Waals surface area contributed by atoms with Crippen LogP contribution in [-0.4, -0.2) is 36.7 Å². The molecule has 0 aliphatic rings. The molecular formula is C17H18ClNO3. The summed E-state index contributed by atoms with van der Waals surface area (Å²) in [6.07, 6.45) is -0.615.